The van der Waals surface area contributed by atoms with E-state index in [1.165, 1.54) is 12.8 Å². The highest BCUT2D eigenvalue weighted by Gasteiger charge is 2.28. The molecule has 0 saturated carbocycles. The fourth-order valence-electron chi connectivity index (χ4n) is 2.95. The van der Waals surface area contributed by atoms with Gasteiger partial charge < -0.3 is 15.2 Å². The molecule has 2 heterocycles. The third-order valence-corrected chi connectivity index (χ3v) is 4.65. The monoisotopic (exact) mass is 285 g/mol. The molecule has 4 nitrogen and oxygen atoms in total. The van der Waals surface area contributed by atoms with E-state index in [1.807, 2.05) is 30.3 Å². The van der Waals surface area contributed by atoms with Gasteiger partial charge in [0.1, 0.15) is 5.82 Å². The molecule has 3 rings (SSSR count). The molecule has 1 fully saturated rings. The number of rotatable bonds is 3. The summed E-state index contributed by atoms with van der Waals surface area (Å²) in [6.07, 6.45) is 2.38. The third kappa shape index (κ3) is 3.10. The van der Waals surface area contributed by atoms with Gasteiger partial charge >= 0.3 is 0 Å². The van der Waals surface area contributed by atoms with Crippen molar-refractivity contribution in [3.63, 3.8) is 0 Å². The Morgan fingerprint density at radius 1 is 1.29 bits per heavy atom. The number of aromatic nitrogens is 1. The molecule has 0 bridgehead atoms. The van der Waals surface area contributed by atoms with E-state index in [1.54, 1.807) is 0 Å². The second-order valence-corrected chi connectivity index (χ2v) is 6.57. The Balaban J connectivity index is 1.75. The van der Waals surface area contributed by atoms with Crippen LogP contribution in [0.2, 0.25) is 0 Å². The van der Waals surface area contributed by atoms with Gasteiger partial charge in [0, 0.05) is 11.9 Å². The van der Waals surface area contributed by atoms with Gasteiger partial charge in [-0.25, -0.2) is 0 Å². The molecule has 1 aliphatic rings. The maximum absolute atomic E-state index is 12.1. The molecule has 2 N–H and O–H groups in total. The minimum Gasteiger partial charge on any atom is -0.371 e. The van der Waals surface area contributed by atoms with Crippen LogP contribution in [0.3, 0.4) is 0 Å². The van der Waals surface area contributed by atoms with Crippen molar-refractivity contribution < 1.29 is 0 Å². The number of benzene rings is 1. The number of fused-ring (bicyclic) bond motifs is 1. The molecule has 2 aromatic rings. The van der Waals surface area contributed by atoms with Crippen LogP contribution in [-0.2, 0) is 0 Å². The lowest BCUT2D eigenvalue weighted by Gasteiger charge is -2.38. The number of likely N-dealkylation sites (tertiary alicyclic amines) is 1. The van der Waals surface area contributed by atoms with E-state index >= 15 is 0 Å². The summed E-state index contributed by atoms with van der Waals surface area (Å²) < 4.78 is 0. The van der Waals surface area contributed by atoms with Gasteiger partial charge in [-0.05, 0) is 55.9 Å². The van der Waals surface area contributed by atoms with E-state index in [4.69, 9.17) is 0 Å². The summed E-state index contributed by atoms with van der Waals surface area (Å²) in [6, 6.07) is 9.71. The fourth-order valence-corrected chi connectivity index (χ4v) is 2.95. The molecule has 112 valence electrons. The first-order valence-corrected chi connectivity index (χ1v) is 7.60. The summed E-state index contributed by atoms with van der Waals surface area (Å²) in [5.74, 6) is 0.818. The van der Waals surface area contributed by atoms with Crippen molar-refractivity contribution >= 4 is 16.6 Å². The van der Waals surface area contributed by atoms with Crippen LogP contribution in [0.15, 0.2) is 35.1 Å². The number of nitrogens with one attached hydrogen (secondary N) is 2. The molecule has 0 aliphatic carbocycles. The van der Waals surface area contributed by atoms with E-state index in [2.05, 4.69) is 29.2 Å². The van der Waals surface area contributed by atoms with Crippen molar-refractivity contribution in [3.05, 3.63) is 40.7 Å². The van der Waals surface area contributed by atoms with E-state index in [0.717, 1.165) is 36.2 Å². The summed E-state index contributed by atoms with van der Waals surface area (Å²) >= 11 is 0. The molecule has 0 unspecified atom stereocenters. The van der Waals surface area contributed by atoms with E-state index < -0.39 is 0 Å². The van der Waals surface area contributed by atoms with Gasteiger partial charge in [-0.15, -0.1) is 0 Å². The van der Waals surface area contributed by atoms with Crippen LogP contribution in [0.1, 0.15) is 19.8 Å². The lowest BCUT2D eigenvalue weighted by atomic mass is 9.80. The number of anilines is 1. The van der Waals surface area contributed by atoms with Crippen molar-refractivity contribution in [2.24, 2.45) is 5.41 Å². The second-order valence-electron chi connectivity index (χ2n) is 6.57. The Morgan fingerprint density at radius 2 is 2.00 bits per heavy atom. The maximum atomic E-state index is 12.1. The van der Waals surface area contributed by atoms with Crippen molar-refractivity contribution in [3.8, 4) is 0 Å². The average molecular weight is 285 g/mol. The lowest BCUT2D eigenvalue weighted by Crippen LogP contribution is -2.40. The second kappa shape index (κ2) is 5.53. The normalized spacial score (nSPS) is 18.8. The zero-order chi connectivity index (χ0) is 14.9. The molecule has 0 atom stereocenters. The fraction of sp³-hybridized carbons (Fsp3) is 0.471. The number of pyridine rings is 1. The number of aromatic amines is 1. The molecular weight excluding hydrogens is 262 g/mol. The lowest BCUT2D eigenvalue weighted by molar-refractivity contribution is 0.150. The van der Waals surface area contributed by atoms with Crippen molar-refractivity contribution in [2.45, 2.75) is 19.8 Å². The number of H-pyrrole nitrogens is 1. The van der Waals surface area contributed by atoms with Crippen LogP contribution in [-0.4, -0.2) is 36.6 Å². The minimum atomic E-state index is -0.0240. The molecular formula is C17H23N3O. The smallest absolute Gasteiger partial charge is 0.257 e. The molecule has 21 heavy (non-hydrogen) atoms. The zero-order valence-electron chi connectivity index (χ0n) is 12.8. The zero-order valence-corrected chi connectivity index (χ0v) is 12.8. The Kier molecular flexibility index (Phi) is 3.72. The number of hydrogen-bond donors (Lipinski definition) is 2. The van der Waals surface area contributed by atoms with Crippen LogP contribution in [0, 0.1) is 5.41 Å². The van der Waals surface area contributed by atoms with Gasteiger partial charge in [-0.1, -0.05) is 25.1 Å². The van der Waals surface area contributed by atoms with Gasteiger partial charge in [-0.2, -0.15) is 0 Å². The first-order valence-electron chi connectivity index (χ1n) is 7.60. The highest BCUT2D eigenvalue weighted by Crippen LogP contribution is 2.30. The Labute approximate surface area is 125 Å². The van der Waals surface area contributed by atoms with E-state index in [-0.39, 0.29) is 5.56 Å². The van der Waals surface area contributed by atoms with Crippen LogP contribution in [0.4, 0.5) is 5.82 Å². The van der Waals surface area contributed by atoms with E-state index in [0.29, 0.717) is 5.41 Å². The molecule has 0 radical (unpaired) electrons. The van der Waals surface area contributed by atoms with Gasteiger partial charge in [0.2, 0.25) is 0 Å². The highest BCUT2D eigenvalue weighted by molar-refractivity contribution is 5.83. The largest absolute Gasteiger partial charge is 0.371 e. The van der Waals surface area contributed by atoms with Crippen LogP contribution in [0.25, 0.3) is 10.8 Å². The summed E-state index contributed by atoms with van der Waals surface area (Å²) in [5.41, 5.74) is 0.277. The van der Waals surface area contributed by atoms with Crippen molar-refractivity contribution in [1.82, 2.24) is 9.88 Å². The topological polar surface area (TPSA) is 48.1 Å². The van der Waals surface area contributed by atoms with Crippen LogP contribution < -0.4 is 10.9 Å². The molecule has 1 aliphatic heterocycles. The van der Waals surface area contributed by atoms with Crippen LogP contribution >= 0.6 is 0 Å². The average Bonchev–Trinajstić information content (AvgIpc) is 2.49. The SMILES string of the molecule is CN1CCC(C)(CNc2cc3ccccc3c(=O)[nH]2)CC1. The molecule has 0 spiro atoms. The molecule has 4 heteroatoms. The summed E-state index contributed by atoms with van der Waals surface area (Å²) in [6.45, 7) is 5.51. The number of piperidine rings is 1. The maximum Gasteiger partial charge on any atom is 0.257 e. The first-order chi connectivity index (χ1) is 10.1. The number of hydrogen-bond acceptors (Lipinski definition) is 3. The van der Waals surface area contributed by atoms with Gasteiger partial charge in [0.05, 0.1) is 0 Å². The van der Waals surface area contributed by atoms with Crippen LogP contribution in [0.5, 0.6) is 0 Å². The molecule has 1 saturated heterocycles. The van der Waals surface area contributed by atoms with E-state index in [9.17, 15) is 4.79 Å². The minimum absolute atomic E-state index is 0.0240. The quantitative estimate of drug-likeness (QED) is 0.911. The Hall–Kier alpha value is -1.81. The predicted octanol–water partition coefficient (Wildman–Crippen LogP) is 2.67. The van der Waals surface area contributed by atoms with Crippen molar-refractivity contribution in [1.29, 1.82) is 0 Å². The molecule has 1 aromatic heterocycles. The summed E-state index contributed by atoms with van der Waals surface area (Å²) in [5, 5.41) is 5.16. The summed E-state index contributed by atoms with van der Waals surface area (Å²) in [4.78, 5) is 17.4. The van der Waals surface area contributed by atoms with Gasteiger partial charge in [-0.3, -0.25) is 4.79 Å². The molecule has 0 amide bonds. The van der Waals surface area contributed by atoms with Gasteiger partial charge in [0.25, 0.3) is 5.56 Å². The highest BCUT2D eigenvalue weighted by atomic mass is 16.1. The number of nitrogens with zero attached hydrogens (tertiary/aromatic N) is 1. The predicted molar refractivity (Wildman–Crippen MR) is 87.9 cm³/mol. The first kappa shape index (κ1) is 14.1. The third-order valence-electron chi connectivity index (χ3n) is 4.65. The Morgan fingerprint density at radius 3 is 2.76 bits per heavy atom. The molecule has 1 aromatic carbocycles. The summed E-state index contributed by atoms with van der Waals surface area (Å²) in [7, 11) is 2.17. The standard InChI is InChI=1S/C17H23N3O/c1-17(7-9-20(2)10-8-17)12-18-15-11-13-5-3-4-6-14(13)16(21)19-15/h3-6,11H,7-10,12H2,1-2H3,(H2,18,19,21). The van der Waals surface area contributed by atoms with Crippen molar-refractivity contribution in [2.75, 3.05) is 32.0 Å². The Bertz CT molecular complexity index is 684. The van der Waals surface area contributed by atoms with Gasteiger partial charge in [0.15, 0.2) is 0 Å².